The monoisotopic (exact) mass is 351 g/mol. The molecule has 4 rings (SSSR count). The zero-order valence-corrected chi connectivity index (χ0v) is 14.6. The minimum absolute atomic E-state index is 0.388. The lowest BCUT2D eigenvalue weighted by Crippen LogP contribution is -2.20. The predicted octanol–water partition coefficient (Wildman–Crippen LogP) is 4.83. The third-order valence-corrected chi connectivity index (χ3v) is 4.74. The Balaban J connectivity index is 1.91. The third-order valence-electron chi connectivity index (χ3n) is 4.74. The van der Waals surface area contributed by atoms with Crippen molar-refractivity contribution in [2.24, 2.45) is 0 Å². The van der Waals surface area contributed by atoms with Crippen LogP contribution in [0.5, 0.6) is 0 Å². The molecule has 0 spiro atoms. The molecule has 1 aliphatic heterocycles. The first kappa shape index (κ1) is 16.8. The fourth-order valence-electron chi connectivity index (χ4n) is 3.50. The fourth-order valence-corrected chi connectivity index (χ4v) is 3.50. The highest BCUT2D eigenvalue weighted by Crippen LogP contribution is 2.42. The largest absolute Gasteiger partial charge is 0.452 e. The number of hydrogen-bond acceptors (Lipinski definition) is 3. The molecule has 3 nitrogen and oxygen atoms in total. The van der Waals surface area contributed by atoms with E-state index in [1.54, 1.807) is 0 Å². The van der Waals surface area contributed by atoms with Gasteiger partial charge in [0.05, 0.1) is 11.6 Å². The molecule has 0 fully saturated rings. The minimum Gasteiger partial charge on any atom is -0.452 e. The normalized spacial score (nSPS) is 17.3. The lowest BCUT2D eigenvalue weighted by atomic mass is 9.85. The van der Waals surface area contributed by atoms with Crippen molar-refractivity contribution in [2.75, 3.05) is 0 Å². The van der Waals surface area contributed by atoms with Gasteiger partial charge in [0.2, 0.25) is 0 Å². The number of carbonyl (C=O) groups is 1. The molecule has 0 bridgehead atoms. The lowest BCUT2D eigenvalue weighted by Gasteiger charge is -2.20. The van der Waals surface area contributed by atoms with Crippen LogP contribution in [-0.2, 0) is 9.53 Å². The Bertz CT molecular complexity index is 1020. The number of nitriles is 1. The zero-order chi connectivity index (χ0) is 18.6. The first-order valence-corrected chi connectivity index (χ1v) is 8.80. The van der Waals surface area contributed by atoms with Crippen LogP contribution in [0.25, 0.3) is 11.1 Å². The van der Waals surface area contributed by atoms with E-state index in [1.165, 1.54) is 0 Å². The number of rotatable bonds is 4. The number of nitrogens with zero attached hydrogens (tertiary/aromatic N) is 1. The second kappa shape index (κ2) is 7.31. The maximum atomic E-state index is 12.8. The number of benzene rings is 3. The molecule has 0 saturated carbocycles. The van der Waals surface area contributed by atoms with Crippen LogP contribution in [0.3, 0.4) is 0 Å². The van der Waals surface area contributed by atoms with E-state index in [1.807, 2.05) is 91.0 Å². The first-order valence-electron chi connectivity index (χ1n) is 8.80. The highest BCUT2D eigenvalue weighted by Gasteiger charge is 2.41. The van der Waals surface area contributed by atoms with Gasteiger partial charge >= 0.3 is 5.97 Å². The summed E-state index contributed by atoms with van der Waals surface area (Å²) in [6.45, 7) is 0. The van der Waals surface area contributed by atoms with Gasteiger partial charge in [0.1, 0.15) is 12.0 Å². The highest BCUT2D eigenvalue weighted by molar-refractivity contribution is 6.28. The lowest BCUT2D eigenvalue weighted by molar-refractivity contribution is -0.137. The molecule has 0 N–H and O–H groups in total. The molecule has 0 radical (unpaired) electrons. The van der Waals surface area contributed by atoms with E-state index >= 15 is 0 Å². The van der Waals surface area contributed by atoms with Gasteiger partial charge in [0.25, 0.3) is 0 Å². The second-order valence-electron chi connectivity index (χ2n) is 6.36. The summed E-state index contributed by atoms with van der Waals surface area (Å²) in [5.74, 6) is -0.965. The quantitative estimate of drug-likeness (QED) is 0.633. The van der Waals surface area contributed by atoms with Crippen LogP contribution in [0.1, 0.15) is 22.6 Å². The van der Waals surface area contributed by atoms with Gasteiger partial charge in [-0.3, -0.25) is 0 Å². The fraction of sp³-hybridized carbons (Fsp3) is 0.0833. The number of cyclic esters (lactones) is 1. The average Bonchev–Trinajstić information content (AvgIpc) is 3.07. The molecule has 2 unspecified atom stereocenters. The van der Waals surface area contributed by atoms with Gasteiger partial charge in [-0.05, 0) is 16.7 Å². The second-order valence-corrected chi connectivity index (χ2v) is 6.36. The Hall–Kier alpha value is -3.64. The highest BCUT2D eigenvalue weighted by atomic mass is 16.5. The molecule has 0 amide bonds. The van der Waals surface area contributed by atoms with Crippen molar-refractivity contribution in [3.8, 4) is 6.07 Å². The van der Waals surface area contributed by atoms with Gasteiger partial charge in [-0.2, -0.15) is 5.26 Å². The Kier molecular flexibility index (Phi) is 4.55. The summed E-state index contributed by atoms with van der Waals surface area (Å²) in [6.07, 6.45) is -0.650. The van der Waals surface area contributed by atoms with Crippen LogP contribution >= 0.6 is 0 Å². The number of hydrogen-bond donors (Lipinski definition) is 0. The molecule has 0 aliphatic carbocycles. The van der Waals surface area contributed by atoms with E-state index in [0.717, 1.165) is 22.3 Å². The van der Waals surface area contributed by atoms with Gasteiger partial charge in [0.15, 0.2) is 0 Å². The van der Waals surface area contributed by atoms with E-state index in [-0.39, 0.29) is 5.97 Å². The molecule has 3 aromatic rings. The number of ether oxygens (including phenoxy) is 1. The van der Waals surface area contributed by atoms with Crippen LogP contribution < -0.4 is 0 Å². The first-order chi connectivity index (χ1) is 13.3. The molecular formula is C24H17NO2. The van der Waals surface area contributed by atoms with Crippen LogP contribution in [0.4, 0.5) is 0 Å². The molecule has 1 heterocycles. The van der Waals surface area contributed by atoms with E-state index in [2.05, 4.69) is 6.07 Å². The Morgan fingerprint density at radius 1 is 0.778 bits per heavy atom. The van der Waals surface area contributed by atoms with Gasteiger partial charge in [-0.25, -0.2) is 4.79 Å². The molecule has 0 aromatic heterocycles. The molecule has 3 aromatic carbocycles. The number of carbonyl (C=O) groups excluding carboxylic acids is 1. The standard InChI is InChI=1S/C24H17NO2/c25-16-20(17-10-4-1-5-11-17)23-21(18-12-6-2-7-13-18)22(24(26)27-23)19-14-8-3-9-15-19/h1-15,20,23H. The van der Waals surface area contributed by atoms with E-state index in [9.17, 15) is 10.1 Å². The maximum absolute atomic E-state index is 12.8. The smallest absolute Gasteiger partial charge is 0.339 e. The summed E-state index contributed by atoms with van der Waals surface area (Å²) in [6, 6.07) is 31.0. The van der Waals surface area contributed by atoms with Crippen molar-refractivity contribution in [3.63, 3.8) is 0 Å². The molecule has 1 aliphatic rings. The summed E-state index contributed by atoms with van der Waals surface area (Å²) >= 11 is 0. The maximum Gasteiger partial charge on any atom is 0.339 e. The average molecular weight is 351 g/mol. The van der Waals surface area contributed by atoms with Crippen molar-refractivity contribution in [1.82, 2.24) is 0 Å². The summed E-state index contributed by atoms with van der Waals surface area (Å²) in [4.78, 5) is 12.8. The minimum atomic E-state index is -0.650. The molecule has 3 heteroatoms. The van der Waals surface area contributed by atoms with Crippen LogP contribution in [0.2, 0.25) is 0 Å². The molecule has 27 heavy (non-hydrogen) atoms. The van der Waals surface area contributed by atoms with E-state index in [0.29, 0.717) is 5.57 Å². The molecular weight excluding hydrogens is 334 g/mol. The zero-order valence-electron chi connectivity index (χ0n) is 14.6. The summed E-state index contributed by atoms with van der Waals surface area (Å²) in [7, 11) is 0. The van der Waals surface area contributed by atoms with Crippen molar-refractivity contribution in [1.29, 1.82) is 5.26 Å². The van der Waals surface area contributed by atoms with Gasteiger partial charge in [0, 0.05) is 5.57 Å². The summed E-state index contributed by atoms with van der Waals surface area (Å²) < 4.78 is 5.77. The van der Waals surface area contributed by atoms with Gasteiger partial charge < -0.3 is 4.74 Å². The van der Waals surface area contributed by atoms with Crippen LogP contribution in [-0.4, -0.2) is 12.1 Å². The van der Waals surface area contributed by atoms with Crippen molar-refractivity contribution < 1.29 is 9.53 Å². The predicted molar refractivity (Wildman–Crippen MR) is 104 cm³/mol. The van der Waals surface area contributed by atoms with Crippen molar-refractivity contribution in [3.05, 3.63) is 108 Å². The third kappa shape index (κ3) is 3.14. The molecule has 2 atom stereocenters. The molecule has 130 valence electrons. The Morgan fingerprint density at radius 2 is 1.30 bits per heavy atom. The van der Waals surface area contributed by atoms with Crippen LogP contribution in [0, 0.1) is 11.3 Å². The summed E-state index contributed by atoms with van der Waals surface area (Å²) in [5.41, 5.74) is 3.82. The topological polar surface area (TPSA) is 50.1 Å². The van der Waals surface area contributed by atoms with E-state index < -0.39 is 12.0 Å². The SMILES string of the molecule is N#CC(c1ccccc1)C1OC(=O)C(c2ccccc2)=C1c1ccccc1. The Morgan fingerprint density at radius 3 is 1.85 bits per heavy atom. The Labute approximate surface area is 158 Å². The van der Waals surface area contributed by atoms with Crippen molar-refractivity contribution >= 4 is 17.1 Å². The van der Waals surface area contributed by atoms with Crippen molar-refractivity contribution in [2.45, 2.75) is 12.0 Å². The molecule has 0 saturated heterocycles. The van der Waals surface area contributed by atoms with Crippen LogP contribution in [0.15, 0.2) is 91.0 Å². The van der Waals surface area contributed by atoms with E-state index in [4.69, 9.17) is 4.74 Å². The number of esters is 1. The van der Waals surface area contributed by atoms with Gasteiger partial charge in [-0.15, -0.1) is 0 Å². The summed E-state index contributed by atoms with van der Waals surface area (Å²) in [5, 5.41) is 9.88. The van der Waals surface area contributed by atoms with Gasteiger partial charge in [-0.1, -0.05) is 91.0 Å².